The highest BCUT2D eigenvalue weighted by Crippen LogP contribution is 2.24. The van der Waals surface area contributed by atoms with Crippen molar-refractivity contribution in [1.82, 2.24) is 4.98 Å². The minimum absolute atomic E-state index is 0.307. The molecular formula is C14H13NO2. The summed E-state index contributed by atoms with van der Waals surface area (Å²) in [5.74, 6) is -0.922. The third kappa shape index (κ3) is 2.18. The molecule has 0 aliphatic heterocycles. The summed E-state index contributed by atoms with van der Waals surface area (Å²) in [6.45, 7) is 1.94. The Hall–Kier alpha value is -2.16. The molecule has 0 fully saturated rings. The van der Waals surface area contributed by atoms with Gasteiger partial charge < -0.3 is 5.11 Å². The molecule has 3 nitrogen and oxygen atoms in total. The third-order valence-corrected chi connectivity index (χ3v) is 2.68. The van der Waals surface area contributed by atoms with Crippen LogP contribution in [-0.4, -0.2) is 16.1 Å². The Kier molecular flexibility index (Phi) is 3.19. The number of carboxylic acids is 1. The molecule has 1 aromatic heterocycles. The van der Waals surface area contributed by atoms with Gasteiger partial charge in [0.05, 0.1) is 11.3 Å². The van der Waals surface area contributed by atoms with Gasteiger partial charge in [0.2, 0.25) is 0 Å². The van der Waals surface area contributed by atoms with Crippen LogP contribution in [0.15, 0.2) is 42.6 Å². The molecular weight excluding hydrogens is 214 g/mol. The lowest BCUT2D eigenvalue weighted by molar-refractivity contribution is 0.0696. The molecule has 86 valence electrons. The van der Waals surface area contributed by atoms with Gasteiger partial charge in [0.25, 0.3) is 0 Å². The molecule has 3 heteroatoms. The Morgan fingerprint density at radius 1 is 1.24 bits per heavy atom. The molecule has 0 amide bonds. The van der Waals surface area contributed by atoms with Crippen LogP contribution < -0.4 is 0 Å². The summed E-state index contributed by atoms with van der Waals surface area (Å²) < 4.78 is 0. The van der Waals surface area contributed by atoms with E-state index in [0.29, 0.717) is 17.7 Å². The molecule has 0 atom stereocenters. The fraction of sp³-hybridized carbons (Fsp3) is 0.143. The van der Waals surface area contributed by atoms with Gasteiger partial charge in [-0.25, -0.2) is 4.79 Å². The Balaban J connectivity index is 2.66. The van der Waals surface area contributed by atoms with Crippen molar-refractivity contribution >= 4 is 5.97 Å². The van der Waals surface area contributed by atoms with E-state index in [1.165, 1.54) is 0 Å². The van der Waals surface area contributed by atoms with E-state index < -0.39 is 5.97 Å². The zero-order valence-corrected chi connectivity index (χ0v) is 9.55. The number of carbonyl (C=O) groups is 1. The molecule has 0 unspecified atom stereocenters. The lowest BCUT2D eigenvalue weighted by Crippen LogP contribution is -2.06. The van der Waals surface area contributed by atoms with E-state index in [0.717, 1.165) is 11.1 Å². The highest BCUT2D eigenvalue weighted by molar-refractivity contribution is 5.96. The van der Waals surface area contributed by atoms with Crippen molar-refractivity contribution in [3.8, 4) is 11.3 Å². The first-order valence-electron chi connectivity index (χ1n) is 5.50. The fourth-order valence-electron chi connectivity index (χ4n) is 1.85. The predicted molar refractivity (Wildman–Crippen MR) is 66.0 cm³/mol. The van der Waals surface area contributed by atoms with Gasteiger partial charge in [-0.3, -0.25) is 4.98 Å². The lowest BCUT2D eigenvalue weighted by atomic mass is 10.00. The van der Waals surface area contributed by atoms with Crippen molar-refractivity contribution in [1.29, 1.82) is 0 Å². The molecule has 1 aromatic carbocycles. The molecule has 0 saturated heterocycles. The molecule has 0 saturated carbocycles. The minimum atomic E-state index is -0.922. The Bertz CT molecular complexity index is 535. The van der Waals surface area contributed by atoms with Crippen molar-refractivity contribution < 1.29 is 9.90 Å². The van der Waals surface area contributed by atoms with Crippen LogP contribution >= 0.6 is 0 Å². The molecule has 0 bridgehead atoms. The number of nitrogens with zero attached hydrogens (tertiary/aromatic N) is 1. The summed E-state index contributed by atoms with van der Waals surface area (Å²) >= 11 is 0. The SMILES string of the molecule is CCc1ccnc(-c2ccccc2)c1C(=O)O. The summed E-state index contributed by atoms with van der Waals surface area (Å²) in [6, 6.07) is 11.1. The van der Waals surface area contributed by atoms with Gasteiger partial charge in [-0.1, -0.05) is 37.3 Å². The van der Waals surface area contributed by atoms with Crippen LogP contribution in [0.3, 0.4) is 0 Å². The average molecular weight is 227 g/mol. The van der Waals surface area contributed by atoms with Gasteiger partial charge in [0, 0.05) is 11.8 Å². The second kappa shape index (κ2) is 4.78. The summed E-state index contributed by atoms with van der Waals surface area (Å²) in [5, 5.41) is 9.30. The molecule has 2 rings (SSSR count). The predicted octanol–water partition coefficient (Wildman–Crippen LogP) is 3.01. The molecule has 1 heterocycles. The molecule has 1 N–H and O–H groups in total. The second-order valence-corrected chi connectivity index (χ2v) is 3.72. The van der Waals surface area contributed by atoms with Gasteiger partial charge in [-0.15, -0.1) is 0 Å². The van der Waals surface area contributed by atoms with E-state index in [1.807, 2.05) is 37.3 Å². The van der Waals surface area contributed by atoms with Crippen molar-refractivity contribution in [3.05, 3.63) is 53.7 Å². The van der Waals surface area contributed by atoms with Gasteiger partial charge in [-0.2, -0.15) is 0 Å². The van der Waals surface area contributed by atoms with E-state index in [9.17, 15) is 9.90 Å². The maximum atomic E-state index is 11.3. The number of aromatic carboxylic acids is 1. The molecule has 0 spiro atoms. The molecule has 0 aliphatic rings. The Labute approximate surface area is 99.8 Å². The second-order valence-electron chi connectivity index (χ2n) is 3.72. The van der Waals surface area contributed by atoms with Crippen LogP contribution in [0.25, 0.3) is 11.3 Å². The van der Waals surface area contributed by atoms with Crippen LogP contribution in [0.4, 0.5) is 0 Å². The number of hydrogen-bond donors (Lipinski definition) is 1. The summed E-state index contributed by atoms with van der Waals surface area (Å²) in [6.07, 6.45) is 2.34. The fourth-order valence-corrected chi connectivity index (χ4v) is 1.85. The topological polar surface area (TPSA) is 50.2 Å². The maximum Gasteiger partial charge on any atom is 0.338 e. The largest absolute Gasteiger partial charge is 0.478 e. The first kappa shape index (κ1) is 11.3. The van der Waals surface area contributed by atoms with Gasteiger partial charge in [0.15, 0.2) is 0 Å². The standard InChI is InChI=1S/C14H13NO2/c1-2-10-8-9-15-13(12(10)14(16)17)11-6-4-3-5-7-11/h3-9H,2H2,1H3,(H,16,17). The van der Waals surface area contributed by atoms with Crippen molar-refractivity contribution in [2.24, 2.45) is 0 Å². The number of carboxylic acid groups (broad SMARTS) is 1. The number of aryl methyl sites for hydroxylation is 1. The zero-order valence-electron chi connectivity index (χ0n) is 9.55. The monoisotopic (exact) mass is 227 g/mol. The van der Waals surface area contributed by atoms with Crippen LogP contribution in [0, 0.1) is 0 Å². The van der Waals surface area contributed by atoms with E-state index in [2.05, 4.69) is 4.98 Å². The van der Waals surface area contributed by atoms with Crippen molar-refractivity contribution in [3.63, 3.8) is 0 Å². The summed E-state index contributed by atoms with van der Waals surface area (Å²) in [4.78, 5) is 15.5. The number of rotatable bonds is 3. The highest BCUT2D eigenvalue weighted by atomic mass is 16.4. The molecule has 0 radical (unpaired) electrons. The number of aromatic nitrogens is 1. The minimum Gasteiger partial charge on any atom is -0.478 e. The van der Waals surface area contributed by atoms with E-state index in [4.69, 9.17) is 0 Å². The third-order valence-electron chi connectivity index (χ3n) is 2.68. The number of pyridine rings is 1. The smallest absolute Gasteiger partial charge is 0.338 e. The summed E-state index contributed by atoms with van der Waals surface area (Å²) in [7, 11) is 0. The van der Waals surface area contributed by atoms with Crippen LogP contribution in [-0.2, 0) is 6.42 Å². The lowest BCUT2D eigenvalue weighted by Gasteiger charge is -2.09. The van der Waals surface area contributed by atoms with E-state index >= 15 is 0 Å². The zero-order chi connectivity index (χ0) is 12.3. The quantitative estimate of drug-likeness (QED) is 0.876. The highest BCUT2D eigenvalue weighted by Gasteiger charge is 2.16. The molecule has 0 aliphatic carbocycles. The first-order valence-corrected chi connectivity index (χ1v) is 5.50. The van der Waals surface area contributed by atoms with Gasteiger partial charge in [-0.05, 0) is 18.1 Å². The normalized spacial score (nSPS) is 10.2. The van der Waals surface area contributed by atoms with Gasteiger partial charge >= 0.3 is 5.97 Å². The van der Waals surface area contributed by atoms with Crippen LogP contribution in [0.1, 0.15) is 22.8 Å². The maximum absolute atomic E-state index is 11.3. The molecule has 17 heavy (non-hydrogen) atoms. The van der Waals surface area contributed by atoms with E-state index in [-0.39, 0.29) is 0 Å². The average Bonchev–Trinajstić information content (AvgIpc) is 2.38. The van der Waals surface area contributed by atoms with Gasteiger partial charge in [0.1, 0.15) is 0 Å². The summed E-state index contributed by atoms with van der Waals surface area (Å²) in [5.41, 5.74) is 2.49. The molecule has 2 aromatic rings. The van der Waals surface area contributed by atoms with Crippen molar-refractivity contribution in [2.45, 2.75) is 13.3 Å². The number of benzene rings is 1. The first-order chi connectivity index (χ1) is 8.24. The Morgan fingerprint density at radius 2 is 1.94 bits per heavy atom. The Morgan fingerprint density at radius 3 is 2.53 bits per heavy atom. The van der Waals surface area contributed by atoms with Crippen LogP contribution in [0.5, 0.6) is 0 Å². The van der Waals surface area contributed by atoms with E-state index in [1.54, 1.807) is 12.3 Å². The van der Waals surface area contributed by atoms with Crippen molar-refractivity contribution in [2.75, 3.05) is 0 Å². The van der Waals surface area contributed by atoms with Crippen LogP contribution in [0.2, 0.25) is 0 Å². The number of hydrogen-bond acceptors (Lipinski definition) is 2.